The molecule has 1 unspecified atom stereocenters. The van der Waals surface area contributed by atoms with Crippen LogP contribution in [0.25, 0.3) is 0 Å². The van der Waals surface area contributed by atoms with Gasteiger partial charge in [-0.15, -0.1) is 23.2 Å². The van der Waals surface area contributed by atoms with Crippen LogP contribution in [0, 0.1) is 0 Å². The number of unbranched alkanes of at least 4 members (excludes halogenated alkanes) is 1. The summed E-state index contributed by atoms with van der Waals surface area (Å²) in [4.78, 5) is 89.6. The average molecular weight is 829 g/mol. The summed E-state index contributed by atoms with van der Waals surface area (Å²) in [5, 5.41) is 16.7. The van der Waals surface area contributed by atoms with Gasteiger partial charge in [-0.1, -0.05) is 18.6 Å². The van der Waals surface area contributed by atoms with Crippen molar-refractivity contribution in [3.63, 3.8) is 0 Å². The third kappa shape index (κ3) is 16.7. The first-order chi connectivity index (χ1) is 26.4. The van der Waals surface area contributed by atoms with Crippen molar-refractivity contribution in [2.75, 3.05) is 68.2 Å². The number of carbonyl (C=O) groups excluding carboxylic acids is 7. The molecule has 2 heterocycles. The van der Waals surface area contributed by atoms with Gasteiger partial charge < -0.3 is 47.4 Å². The topological polar surface area (TPSA) is 224 Å². The Morgan fingerprint density at radius 1 is 0.873 bits per heavy atom. The van der Waals surface area contributed by atoms with Crippen LogP contribution in [-0.4, -0.2) is 133 Å². The van der Waals surface area contributed by atoms with Crippen LogP contribution in [0.15, 0.2) is 24.3 Å². The van der Waals surface area contributed by atoms with Crippen molar-refractivity contribution in [1.82, 2.24) is 36.8 Å². The van der Waals surface area contributed by atoms with Crippen LogP contribution in [0.2, 0.25) is 0 Å². The molecule has 0 bridgehead atoms. The van der Waals surface area contributed by atoms with Crippen LogP contribution in [0.1, 0.15) is 57.4 Å². The van der Waals surface area contributed by atoms with Crippen molar-refractivity contribution >= 4 is 82.1 Å². The summed E-state index contributed by atoms with van der Waals surface area (Å²) < 4.78 is 0. The zero-order chi connectivity index (χ0) is 40.2. The number of benzene rings is 1. The summed E-state index contributed by atoms with van der Waals surface area (Å²) in [6.07, 6.45) is 4.04. The van der Waals surface area contributed by atoms with E-state index < -0.39 is 36.2 Å². The molecule has 0 aliphatic carbocycles. The van der Waals surface area contributed by atoms with Crippen molar-refractivity contribution in [1.29, 1.82) is 0 Å². The van der Waals surface area contributed by atoms with Gasteiger partial charge in [-0.2, -0.15) is 11.8 Å². The number of hydrogen-bond acceptors (Lipinski definition) is 9. The van der Waals surface area contributed by atoms with Gasteiger partial charge in [-0.05, 0) is 43.4 Å². The first-order valence-corrected chi connectivity index (χ1v) is 20.8. The normalized spacial score (nSPS) is 17.6. The molecule has 19 heteroatoms. The van der Waals surface area contributed by atoms with Crippen molar-refractivity contribution in [3.05, 3.63) is 29.8 Å². The van der Waals surface area contributed by atoms with Crippen molar-refractivity contribution in [2.45, 2.75) is 81.7 Å². The molecule has 2 aliphatic rings. The Morgan fingerprint density at radius 2 is 1.55 bits per heavy atom. The lowest BCUT2D eigenvalue weighted by Crippen LogP contribution is -2.56. The third-order valence-electron chi connectivity index (χ3n) is 9.19. The molecule has 0 spiro atoms. The highest BCUT2D eigenvalue weighted by Gasteiger charge is 2.42. The average Bonchev–Trinajstić information content (AvgIpc) is 3.70. The maximum Gasteiger partial charge on any atom is 0.315 e. The summed E-state index contributed by atoms with van der Waals surface area (Å²) in [7, 11) is 0. The maximum atomic E-state index is 13.5. The van der Waals surface area contributed by atoms with E-state index in [4.69, 9.17) is 28.9 Å². The Labute approximate surface area is 336 Å². The molecule has 4 atom stereocenters. The number of nitrogens with two attached hydrogens (primary N) is 1. The second-order valence-electron chi connectivity index (χ2n) is 13.5. The molecular weight excluding hydrogens is 773 g/mol. The molecule has 8 N–H and O–H groups in total. The molecule has 2 aliphatic heterocycles. The Kier molecular flexibility index (Phi) is 20.3. The van der Waals surface area contributed by atoms with Crippen LogP contribution in [0.3, 0.4) is 0 Å². The number of halogens is 2. The van der Waals surface area contributed by atoms with E-state index in [1.807, 2.05) is 36.0 Å². The van der Waals surface area contributed by atoms with Gasteiger partial charge in [0, 0.05) is 93.9 Å². The Hall–Kier alpha value is -3.96. The van der Waals surface area contributed by atoms with Crippen LogP contribution >= 0.6 is 35.0 Å². The number of amides is 8. The van der Waals surface area contributed by atoms with E-state index >= 15 is 0 Å². The smallest absolute Gasteiger partial charge is 0.315 e. The van der Waals surface area contributed by atoms with Gasteiger partial charge in [-0.3, -0.25) is 28.8 Å². The zero-order valence-electron chi connectivity index (χ0n) is 31.3. The standard InChI is InChI=1S/C36H55Cl2N9O7S/c1-24(48)42-21-27(43-33(52)13-16-40-32(51)8-4-5-25-9-11-26(12-10-25)46(18-14-37)19-15-38)35(53)47(22-30(39)49)20-17-41-31(50)7-3-2-6-29-34-28(23-55-29)44-36(54)45-34/h9-12,27-29,34H,2-8,13-23H2,1H3,(H2,39,49)(H,40,51)(H,41,50)(H,42,48)(H,43,52)(H2,44,45,54)/t27?,28-,29-,34-/m0/s1. The molecule has 0 aromatic heterocycles. The lowest BCUT2D eigenvalue weighted by Gasteiger charge is -2.27. The fraction of sp³-hybridized carbons (Fsp3) is 0.639. The minimum atomic E-state index is -1.22. The summed E-state index contributed by atoms with van der Waals surface area (Å²) in [6, 6.07) is 6.94. The van der Waals surface area contributed by atoms with Gasteiger partial charge >= 0.3 is 6.03 Å². The summed E-state index contributed by atoms with van der Waals surface area (Å²) in [5.41, 5.74) is 7.51. The second-order valence-corrected chi connectivity index (χ2v) is 15.5. The van der Waals surface area contributed by atoms with Crippen LogP contribution < -0.4 is 42.5 Å². The number of anilines is 1. The van der Waals surface area contributed by atoms with Gasteiger partial charge in [0.1, 0.15) is 6.04 Å². The molecule has 1 aromatic rings. The third-order valence-corrected chi connectivity index (χ3v) is 11.0. The van der Waals surface area contributed by atoms with Crippen molar-refractivity contribution < 1.29 is 33.6 Å². The van der Waals surface area contributed by atoms with Crippen molar-refractivity contribution in [2.24, 2.45) is 5.73 Å². The minimum Gasteiger partial charge on any atom is -0.369 e. The first-order valence-electron chi connectivity index (χ1n) is 18.7. The van der Waals surface area contributed by atoms with E-state index in [-0.39, 0.29) is 75.4 Å². The second kappa shape index (κ2) is 24.5. The number of urea groups is 1. The molecule has 1 aromatic carbocycles. The number of alkyl halides is 2. The van der Waals surface area contributed by atoms with E-state index in [1.54, 1.807) is 0 Å². The number of fused-ring (bicyclic) bond motifs is 1. The fourth-order valence-electron chi connectivity index (χ4n) is 6.39. The molecule has 306 valence electrons. The SMILES string of the molecule is CC(=O)NCC(NC(=O)CCNC(=O)CCCc1ccc(N(CCCl)CCCl)cc1)C(=O)N(CCNC(=O)CCCC[C@@H]1SC[C@@H]2NC(=O)N[C@@H]21)CC(N)=O. The van der Waals surface area contributed by atoms with Crippen molar-refractivity contribution in [3.8, 4) is 0 Å². The van der Waals surface area contributed by atoms with E-state index in [0.717, 1.165) is 34.7 Å². The van der Waals surface area contributed by atoms with Gasteiger partial charge in [0.25, 0.3) is 0 Å². The highest BCUT2D eigenvalue weighted by molar-refractivity contribution is 8.00. The Balaban J connectivity index is 1.38. The van der Waals surface area contributed by atoms with E-state index in [2.05, 4.69) is 36.8 Å². The first kappa shape index (κ1) is 45.4. The number of aryl methyl sites for hydroxylation is 1. The monoisotopic (exact) mass is 827 g/mol. The predicted molar refractivity (Wildman–Crippen MR) is 214 cm³/mol. The number of thioether (sulfide) groups is 1. The quantitative estimate of drug-likeness (QED) is 0.0394. The summed E-state index contributed by atoms with van der Waals surface area (Å²) in [6.45, 7) is 1.95. The zero-order valence-corrected chi connectivity index (χ0v) is 33.7. The van der Waals surface area contributed by atoms with Gasteiger partial charge in [-0.25, -0.2) is 4.79 Å². The molecule has 3 rings (SSSR count). The number of hydrogen-bond donors (Lipinski definition) is 7. The van der Waals surface area contributed by atoms with Crippen LogP contribution in [-0.2, 0) is 35.2 Å². The lowest BCUT2D eigenvalue weighted by molar-refractivity contribution is -0.139. The number of primary amides is 1. The molecule has 55 heavy (non-hydrogen) atoms. The molecule has 16 nitrogen and oxygen atoms in total. The molecule has 2 saturated heterocycles. The molecule has 8 amide bonds. The van der Waals surface area contributed by atoms with E-state index in [0.29, 0.717) is 49.4 Å². The largest absolute Gasteiger partial charge is 0.369 e. The summed E-state index contributed by atoms with van der Waals surface area (Å²) in [5.74, 6) is -1.02. The Morgan fingerprint density at radius 3 is 2.20 bits per heavy atom. The number of carbonyl (C=O) groups is 7. The lowest BCUT2D eigenvalue weighted by atomic mass is 10.0. The highest BCUT2D eigenvalue weighted by atomic mass is 35.5. The Bertz CT molecular complexity index is 1450. The van der Waals surface area contributed by atoms with E-state index in [9.17, 15) is 33.6 Å². The van der Waals surface area contributed by atoms with Crippen LogP contribution in [0.5, 0.6) is 0 Å². The summed E-state index contributed by atoms with van der Waals surface area (Å²) >= 11 is 13.6. The number of rotatable bonds is 26. The van der Waals surface area contributed by atoms with E-state index in [1.165, 1.54) is 6.92 Å². The predicted octanol–water partition coefficient (Wildman–Crippen LogP) is 0.576. The number of nitrogens with one attached hydrogen (secondary N) is 6. The minimum absolute atomic E-state index is 0.0305. The molecule has 2 fully saturated rings. The highest BCUT2D eigenvalue weighted by Crippen LogP contribution is 2.33. The molecule has 0 radical (unpaired) electrons. The fourth-order valence-corrected chi connectivity index (χ4v) is 8.34. The molecular formula is C36H55Cl2N9O7S. The van der Waals surface area contributed by atoms with Crippen LogP contribution in [0.4, 0.5) is 10.5 Å². The number of nitrogens with zero attached hydrogens (tertiary/aromatic N) is 2. The van der Waals surface area contributed by atoms with Gasteiger partial charge in [0.15, 0.2) is 0 Å². The molecule has 0 saturated carbocycles. The maximum absolute atomic E-state index is 13.5. The van der Waals surface area contributed by atoms with Gasteiger partial charge in [0.2, 0.25) is 35.4 Å². The van der Waals surface area contributed by atoms with Gasteiger partial charge in [0.05, 0.1) is 18.6 Å².